The summed E-state index contributed by atoms with van der Waals surface area (Å²) < 4.78 is 10.6. The molecule has 1 aromatic heterocycles. The van der Waals surface area contributed by atoms with E-state index >= 15 is 0 Å². The Balaban J connectivity index is 2.01. The Bertz CT molecular complexity index is 663. The highest BCUT2D eigenvalue weighted by atomic mass is 16.5. The lowest BCUT2D eigenvalue weighted by Gasteiger charge is -2.11. The van der Waals surface area contributed by atoms with Crippen LogP contribution in [0.15, 0.2) is 12.1 Å². The van der Waals surface area contributed by atoms with Crippen molar-refractivity contribution < 1.29 is 9.47 Å². The van der Waals surface area contributed by atoms with Crippen LogP contribution in [0.25, 0.3) is 10.9 Å². The number of nitrogen functional groups attached to an aromatic ring is 1. The Morgan fingerprint density at radius 3 is 2.33 bits per heavy atom. The zero-order valence-electron chi connectivity index (χ0n) is 14.5. The topological polar surface area (TPSA) is 108 Å². The first-order valence-electron chi connectivity index (χ1n) is 8.32. The molecule has 0 aliphatic heterocycles. The van der Waals surface area contributed by atoms with Crippen LogP contribution in [0.1, 0.15) is 32.1 Å². The monoisotopic (exact) mass is 333 g/mol. The van der Waals surface area contributed by atoms with Crippen molar-refractivity contribution in [3.63, 3.8) is 0 Å². The second-order valence-electron chi connectivity index (χ2n) is 5.64. The second-order valence-corrected chi connectivity index (χ2v) is 5.64. The van der Waals surface area contributed by atoms with E-state index in [2.05, 4.69) is 15.3 Å². The van der Waals surface area contributed by atoms with Gasteiger partial charge >= 0.3 is 0 Å². The van der Waals surface area contributed by atoms with Gasteiger partial charge in [-0.15, -0.1) is 0 Å². The molecule has 1 aromatic carbocycles. The normalized spacial score (nSPS) is 10.8. The van der Waals surface area contributed by atoms with Crippen LogP contribution in [0.3, 0.4) is 0 Å². The molecule has 0 saturated carbocycles. The van der Waals surface area contributed by atoms with Gasteiger partial charge in [0.05, 0.1) is 19.7 Å². The highest BCUT2D eigenvalue weighted by Gasteiger charge is 2.11. The lowest BCUT2D eigenvalue weighted by Crippen LogP contribution is -2.07. The largest absolute Gasteiger partial charge is 0.493 e. The summed E-state index contributed by atoms with van der Waals surface area (Å²) in [5.74, 6) is 2.19. The van der Waals surface area contributed by atoms with Gasteiger partial charge in [-0.05, 0) is 25.5 Å². The molecular weight excluding hydrogens is 306 g/mol. The highest BCUT2D eigenvalue weighted by Crippen LogP contribution is 2.33. The molecule has 0 fully saturated rings. The number of aromatic nitrogens is 2. The van der Waals surface area contributed by atoms with Gasteiger partial charge in [0, 0.05) is 18.0 Å². The molecule has 7 heteroatoms. The van der Waals surface area contributed by atoms with Crippen molar-refractivity contribution in [2.24, 2.45) is 5.73 Å². The maximum atomic E-state index is 6.06. The lowest BCUT2D eigenvalue weighted by molar-refractivity contribution is 0.356. The van der Waals surface area contributed by atoms with Crippen molar-refractivity contribution in [3.8, 4) is 11.5 Å². The number of nitrogens with two attached hydrogens (primary N) is 2. The quantitative estimate of drug-likeness (QED) is 0.573. The molecule has 5 N–H and O–H groups in total. The molecular formula is C17H27N5O2. The first-order valence-corrected chi connectivity index (χ1v) is 8.32. The van der Waals surface area contributed by atoms with Crippen molar-refractivity contribution in [2.75, 3.05) is 38.4 Å². The van der Waals surface area contributed by atoms with Crippen LogP contribution in [-0.4, -0.2) is 37.3 Å². The SMILES string of the molecule is COc1cc2nc(NCCCCCCCN)nc(N)c2cc1OC. The third-order valence-corrected chi connectivity index (χ3v) is 3.89. The number of nitrogens with zero attached hydrogens (tertiary/aromatic N) is 2. The smallest absolute Gasteiger partial charge is 0.225 e. The molecule has 0 bridgehead atoms. The lowest BCUT2D eigenvalue weighted by atomic mass is 10.1. The molecule has 0 amide bonds. The summed E-state index contributed by atoms with van der Waals surface area (Å²) in [5.41, 5.74) is 12.3. The average Bonchev–Trinajstić information content (AvgIpc) is 2.60. The second kappa shape index (κ2) is 9.12. The van der Waals surface area contributed by atoms with Crippen LogP contribution in [0, 0.1) is 0 Å². The van der Waals surface area contributed by atoms with Gasteiger partial charge in [0.1, 0.15) is 5.82 Å². The number of methoxy groups -OCH3 is 2. The van der Waals surface area contributed by atoms with Crippen molar-refractivity contribution in [1.82, 2.24) is 9.97 Å². The third-order valence-electron chi connectivity index (χ3n) is 3.89. The Morgan fingerprint density at radius 1 is 0.958 bits per heavy atom. The van der Waals surface area contributed by atoms with E-state index in [-0.39, 0.29) is 0 Å². The van der Waals surface area contributed by atoms with E-state index in [4.69, 9.17) is 20.9 Å². The summed E-state index contributed by atoms with van der Waals surface area (Å²) in [4.78, 5) is 8.84. The standard InChI is InChI=1S/C17H27N5O2/c1-23-14-10-12-13(11-15(14)24-2)21-17(22-16(12)19)20-9-7-5-3-4-6-8-18/h10-11H,3-9,18H2,1-2H3,(H3,19,20,21,22). The number of rotatable bonds is 10. The fourth-order valence-electron chi connectivity index (χ4n) is 2.56. The molecule has 7 nitrogen and oxygen atoms in total. The van der Waals surface area contributed by atoms with Crippen LogP contribution in [0.4, 0.5) is 11.8 Å². The first kappa shape index (κ1) is 18.1. The number of nitrogens with one attached hydrogen (secondary N) is 1. The molecule has 2 rings (SSSR count). The van der Waals surface area contributed by atoms with Crippen molar-refractivity contribution in [3.05, 3.63) is 12.1 Å². The summed E-state index contributed by atoms with van der Waals surface area (Å²) in [6.07, 6.45) is 5.73. The van der Waals surface area contributed by atoms with Crippen LogP contribution in [0.5, 0.6) is 11.5 Å². The minimum absolute atomic E-state index is 0.423. The number of unbranched alkanes of at least 4 members (excludes halogenated alkanes) is 4. The fraction of sp³-hybridized carbons (Fsp3) is 0.529. The summed E-state index contributed by atoms with van der Waals surface area (Å²) in [6, 6.07) is 3.61. The Hall–Kier alpha value is -2.28. The molecule has 0 aliphatic carbocycles. The molecule has 0 unspecified atom stereocenters. The first-order chi connectivity index (χ1) is 11.7. The Labute approximate surface area is 142 Å². The number of anilines is 2. The zero-order valence-corrected chi connectivity index (χ0v) is 14.5. The van der Waals surface area contributed by atoms with Crippen LogP contribution in [-0.2, 0) is 0 Å². The third kappa shape index (κ3) is 4.61. The van der Waals surface area contributed by atoms with Gasteiger partial charge in [0.15, 0.2) is 11.5 Å². The van der Waals surface area contributed by atoms with E-state index in [0.717, 1.165) is 36.8 Å². The number of fused-ring (bicyclic) bond motifs is 1. The summed E-state index contributed by atoms with van der Waals surface area (Å²) in [6.45, 7) is 1.59. The van der Waals surface area contributed by atoms with E-state index in [0.29, 0.717) is 23.3 Å². The maximum absolute atomic E-state index is 6.06. The number of benzene rings is 1. The van der Waals surface area contributed by atoms with Gasteiger partial charge < -0.3 is 26.3 Å². The van der Waals surface area contributed by atoms with Crippen molar-refractivity contribution in [1.29, 1.82) is 0 Å². The van der Waals surface area contributed by atoms with E-state index < -0.39 is 0 Å². The number of hydrogen-bond donors (Lipinski definition) is 3. The molecule has 1 heterocycles. The van der Waals surface area contributed by atoms with E-state index in [1.807, 2.05) is 6.07 Å². The van der Waals surface area contributed by atoms with E-state index in [1.165, 1.54) is 19.3 Å². The molecule has 0 saturated heterocycles. The Morgan fingerprint density at radius 2 is 1.62 bits per heavy atom. The van der Waals surface area contributed by atoms with E-state index in [1.54, 1.807) is 20.3 Å². The average molecular weight is 333 g/mol. The van der Waals surface area contributed by atoms with Gasteiger partial charge in [0.2, 0.25) is 5.95 Å². The van der Waals surface area contributed by atoms with Gasteiger partial charge in [-0.3, -0.25) is 0 Å². The van der Waals surface area contributed by atoms with Gasteiger partial charge in [-0.2, -0.15) is 4.98 Å². The summed E-state index contributed by atoms with van der Waals surface area (Å²) in [5, 5.41) is 3.99. The molecule has 2 aromatic rings. The summed E-state index contributed by atoms with van der Waals surface area (Å²) >= 11 is 0. The predicted molar refractivity (Wildman–Crippen MR) is 97.7 cm³/mol. The van der Waals surface area contributed by atoms with E-state index in [9.17, 15) is 0 Å². The maximum Gasteiger partial charge on any atom is 0.225 e. The molecule has 132 valence electrons. The molecule has 24 heavy (non-hydrogen) atoms. The summed E-state index contributed by atoms with van der Waals surface area (Å²) in [7, 11) is 3.18. The van der Waals surface area contributed by atoms with Gasteiger partial charge in [-0.1, -0.05) is 19.3 Å². The van der Waals surface area contributed by atoms with Crippen molar-refractivity contribution >= 4 is 22.7 Å². The fourth-order valence-corrected chi connectivity index (χ4v) is 2.56. The number of hydrogen-bond acceptors (Lipinski definition) is 7. The van der Waals surface area contributed by atoms with Crippen LogP contribution in [0.2, 0.25) is 0 Å². The van der Waals surface area contributed by atoms with Crippen LogP contribution >= 0.6 is 0 Å². The predicted octanol–water partition coefficient (Wildman–Crippen LogP) is 2.55. The molecule has 0 spiro atoms. The van der Waals surface area contributed by atoms with Crippen molar-refractivity contribution in [2.45, 2.75) is 32.1 Å². The minimum Gasteiger partial charge on any atom is -0.493 e. The van der Waals surface area contributed by atoms with Gasteiger partial charge in [0.25, 0.3) is 0 Å². The highest BCUT2D eigenvalue weighted by molar-refractivity contribution is 5.91. The minimum atomic E-state index is 0.423. The van der Waals surface area contributed by atoms with Gasteiger partial charge in [-0.25, -0.2) is 4.98 Å². The molecule has 0 aliphatic rings. The molecule has 0 radical (unpaired) electrons. The zero-order chi connectivity index (χ0) is 17.4. The number of ether oxygens (including phenoxy) is 2. The Kier molecular flexibility index (Phi) is 6.87. The van der Waals surface area contributed by atoms with Crippen LogP contribution < -0.4 is 26.3 Å². The molecule has 0 atom stereocenters.